The number of carbonyl (C=O) groups excluding carboxylic acids is 1. The number of anilines is 3. The maximum Gasteiger partial charge on any atom is 0.417 e. The third-order valence-electron chi connectivity index (χ3n) is 8.38. The summed E-state index contributed by atoms with van der Waals surface area (Å²) in [5.74, 6) is -0.0420. The topological polar surface area (TPSA) is 123 Å². The summed E-state index contributed by atoms with van der Waals surface area (Å²) < 4.78 is 77.7. The van der Waals surface area contributed by atoms with E-state index in [4.69, 9.17) is 5.26 Å². The van der Waals surface area contributed by atoms with Gasteiger partial charge in [-0.15, -0.1) is 0 Å². The molecule has 0 saturated carbocycles. The fourth-order valence-corrected chi connectivity index (χ4v) is 7.56. The first-order valence-corrected chi connectivity index (χ1v) is 14.7. The van der Waals surface area contributed by atoms with Gasteiger partial charge in [-0.1, -0.05) is 13.8 Å². The Hall–Kier alpha value is -3.54. The zero-order valence-corrected chi connectivity index (χ0v) is 23.7. The second-order valence-electron chi connectivity index (χ2n) is 11.6. The van der Waals surface area contributed by atoms with Crippen LogP contribution in [-0.2, 0) is 26.2 Å². The smallest absolute Gasteiger partial charge is 0.350 e. The number of fused-ring (bicyclic) bond motifs is 1. The highest BCUT2D eigenvalue weighted by Crippen LogP contribution is 2.48. The van der Waals surface area contributed by atoms with E-state index in [0.29, 0.717) is 17.2 Å². The number of pyridine rings is 1. The monoisotopic (exact) mass is 595 g/mol. The SMILES string of the molecule is C[C@@H]1CN(c2ncnc3c2C(C)(C)CN3c2cc(C(F)(F)F)c(C#N)cn2)[C@@H](C)CN1C(=O)[C@]1(CF)CCS1(=O)=O. The van der Waals surface area contributed by atoms with Crippen molar-refractivity contribution in [1.29, 1.82) is 5.26 Å². The Morgan fingerprint density at radius 3 is 2.39 bits per heavy atom. The van der Waals surface area contributed by atoms with Crippen LogP contribution in [0.3, 0.4) is 0 Å². The van der Waals surface area contributed by atoms with Gasteiger partial charge in [0.2, 0.25) is 5.91 Å². The lowest BCUT2D eigenvalue weighted by Gasteiger charge is -2.49. The van der Waals surface area contributed by atoms with E-state index in [-0.39, 0.29) is 43.7 Å². The number of halogens is 4. The van der Waals surface area contributed by atoms with Crippen LogP contribution in [0.15, 0.2) is 18.6 Å². The van der Waals surface area contributed by atoms with Gasteiger partial charge in [-0.05, 0) is 26.3 Å². The molecule has 3 atom stereocenters. The average molecular weight is 596 g/mol. The number of rotatable bonds is 4. The molecule has 3 aliphatic rings. The molecule has 0 aliphatic carbocycles. The van der Waals surface area contributed by atoms with Gasteiger partial charge in [0.05, 0.1) is 16.9 Å². The lowest BCUT2D eigenvalue weighted by molar-refractivity contribution is -0.138. The first kappa shape index (κ1) is 29.0. The number of amides is 1. The molecule has 0 aromatic carbocycles. The molecule has 0 spiro atoms. The number of sulfone groups is 1. The van der Waals surface area contributed by atoms with Crippen LogP contribution in [0.1, 0.15) is 50.8 Å². The lowest BCUT2D eigenvalue weighted by atomic mass is 9.87. The van der Waals surface area contributed by atoms with Gasteiger partial charge in [0.15, 0.2) is 14.6 Å². The van der Waals surface area contributed by atoms with E-state index < -0.39 is 55.9 Å². The van der Waals surface area contributed by atoms with E-state index in [1.165, 1.54) is 17.3 Å². The molecule has 2 fully saturated rings. The number of carbonyl (C=O) groups is 1. The molecule has 1 amide bonds. The molecule has 3 aliphatic heterocycles. The highest BCUT2D eigenvalue weighted by atomic mass is 32.2. The molecule has 220 valence electrons. The molecule has 0 bridgehead atoms. The normalized spacial score (nSPS) is 26.8. The predicted molar refractivity (Wildman–Crippen MR) is 141 cm³/mol. The van der Waals surface area contributed by atoms with Crippen LogP contribution < -0.4 is 9.80 Å². The Kier molecular flexibility index (Phi) is 6.71. The maximum atomic E-state index is 14.0. The molecule has 10 nitrogen and oxygen atoms in total. The van der Waals surface area contributed by atoms with Gasteiger partial charge in [0, 0.05) is 48.9 Å². The Labute approximate surface area is 234 Å². The molecule has 0 radical (unpaired) electrons. The van der Waals surface area contributed by atoms with Gasteiger partial charge in [-0.25, -0.2) is 27.8 Å². The van der Waals surface area contributed by atoms with E-state index in [9.17, 15) is 30.8 Å². The molecular formula is C26H29F4N7O3S. The minimum atomic E-state index is -4.75. The largest absolute Gasteiger partial charge is 0.417 e. The molecule has 0 N–H and O–H groups in total. The van der Waals surface area contributed by atoms with Crippen LogP contribution in [-0.4, -0.2) is 83.1 Å². The molecule has 5 heterocycles. The standard InChI is InChI=1S/C26H29F4N7O3S/c1-15-11-36(23(38)25(12-27)5-6-41(25,39)40)16(2)10-35(15)21-20-22(34-14-33-21)37(13-24(20,3)4)19-7-18(26(28,29)30)17(8-31)9-32-19/h7,9,14-16H,5-6,10-13H2,1-4H3/t15-,16+,25+/m0/s1. The number of nitrogens with zero attached hydrogens (tertiary/aromatic N) is 7. The van der Waals surface area contributed by atoms with Crippen LogP contribution in [0.5, 0.6) is 0 Å². The van der Waals surface area contributed by atoms with Gasteiger partial charge in [-0.2, -0.15) is 18.4 Å². The summed E-state index contributed by atoms with van der Waals surface area (Å²) in [7, 11) is -3.86. The summed E-state index contributed by atoms with van der Waals surface area (Å²) in [6.07, 6.45) is -2.59. The number of nitriles is 1. The second-order valence-corrected chi connectivity index (χ2v) is 14.0. The highest BCUT2D eigenvalue weighted by molar-refractivity contribution is 7.95. The van der Waals surface area contributed by atoms with E-state index in [2.05, 4.69) is 15.0 Å². The van der Waals surface area contributed by atoms with Crippen molar-refractivity contribution in [1.82, 2.24) is 19.9 Å². The maximum absolute atomic E-state index is 14.0. The minimum absolute atomic E-state index is 0.0112. The molecule has 41 heavy (non-hydrogen) atoms. The van der Waals surface area contributed by atoms with Crippen molar-refractivity contribution < 1.29 is 30.8 Å². The van der Waals surface area contributed by atoms with Crippen LogP contribution in [0, 0.1) is 11.3 Å². The van der Waals surface area contributed by atoms with Gasteiger partial charge in [0.1, 0.15) is 36.5 Å². The number of aromatic nitrogens is 3. The van der Waals surface area contributed by atoms with Gasteiger partial charge >= 0.3 is 6.18 Å². The van der Waals surface area contributed by atoms with E-state index in [1.54, 1.807) is 11.8 Å². The first-order chi connectivity index (χ1) is 19.1. The molecule has 15 heteroatoms. The molecule has 5 rings (SSSR count). The van der Waals surface area contributed by atoms with Crippen LogP contribution in [0.4, 0.5) is 35.0 Å². The second kappa shape index (κ2) is 9.50. The fraction of sp³-hybridized carbons (Fsp3) is 0.577. The van der Waals surface area contributed by atoms with Crippen molar-refractivity contribution in [3.05, 3.63) is 35.3 Å². The number of hydrogen-bond acceptors (Lipinski definition) is 9. The van der Waals surface area contributed by atoms with Crippen molar-refractivity contribution in [2.24, 2.45) is 0 Å². The lowest BCUT2D eigenvalue weighted by Crippen LogP contribution is -2.68. The summed E-state index contributed by atoms with van der Waals surface area (Å²) in [6, 6.07) is 1.56. The Balaban J connectivity index is 1.49. The highest BCUT2D eigenvalue weighted by Gasteiger charge is 2.60. The summed E-state index contributed by atoms with van der Waals surface area (Å²) in [5.41, 5.74) is -1.62. The fourth-order valence-electron chi connectivity index (χ4n) is 5.98. The van der Waals surface area contributed by atoms with Crippen LogP contribution in [0.25, 0.3) is 0 Å². The molecule has 2 aromatic heterocycles. The zero-order valence-electron chi connectivity index (χ0n) is 22.9. The van der Waals surface area contributed by atoms with E-state index in [0.717, 1.165) is 12.3 Å². The van der Waals surface area contributed by atoms with Gasteiger partial charge < -0.3 is 14.7 Å². The summed E-state index contributed by atoms with van der Waals surface area (Å²) >= 11 is 0. The Morgan fingerprint density at radius 2 is 1.83 bits per heavy atom. The quantitative estimate of drug-likeness (QED) is 0.491. The van der Waals surface area contributed by atoms with E-state index >= 15 is 0 Å². The third-order valence-corrected chi connectivity index (χ3v) is 10.8. The number of piperazine rings is 1. The number of hydrogen-bond donors (Lipinski definition) is 0. The molecule has 2 saturated heterocycles. The summed E-state index contributed by atoms with van der Waals surface area (Å²) in [4.78, 5) is 31.4. The van der Waals surface area contributed by atoms with Crippen molar-refractivity contribution in [2.75, 3.05) is 41.9 Å². The Morgan fingerprint density at radius 1 is 1.15 bits per heavy atom. The van der Waals surface area contributed by atoms with Crippen molar-refractivity contribution in [3.8, 4) is 6.07 Å². The molecule has 2 aromatic rings. The predicted octanol–water partition coefficient (Wildman–Crippen LogP) is 3.14. The van der Waals surface area contributed by atoms with Crippen LogP contribution in [0.2, 0.25) is 0 Å². The third kappa shape index (κ3) is 4.38. The Bertz CT molecular complexity index is 1560. The van der Waals surface area contributed by atoms with Crippen molar-refractivity contribution >= 4 is 33.2 Å². The van der Waals surface area contributed by atoms with Crippen molar-refractivity contribution in [3.63, 3.8) is 0 Å². The first-order valence-electron chi connectivity index (χ1n) is 13.0. The molecule has 0 unspecified atom stereocenters. The summed E-state index contributed by atoms with van der Waals surface area (Å²) in [5, 5.41) is 9.16. The van der Waals surface area contributed by atoms with Crippen molar-refractivity contribution in [2.45, 2.75) is 62.5 Å². The minimum Gasteiger partial charge on any atom is -0.350 e. The summed E-state index contributed by atoms with van der Waals surface area (Å²) in [6.45, 7) is 6.79. The molecular weight excluding hydrogens is 566 g/mol. The van der Waals surface area contributed by atoms with Crippen LogP contribution >= 0.6 is 0 Å². The number of alkyl halides is 4. The zero-order chi connectivity index (χ0) is 30.1. The van der Waals surface area contributed by atoms with Gasteiger partial charge in [-0.3, -0.25) is 4.79 Å². The van der Waals surface area contributed by atoms with E-state index in [1.807, 2.05) is 25.7 Å². The average Bonchev–Trinajstić information content (AvgIpc) is 3.19. The van der Waals surface area contributed by atoms with Gasteiger partial charge in [0.25, 0.3) is 0 Å².